The Hall–Kier alpha value is -2.05. The molecule has 7 heteroatoms. The summed E-state index contributed by atoms with van der Waals surface area (Å²) in [7, 11) is -3.81. The summed E-state index contributed by atoms with van der Waals surface area (Å²) in [5.41, 5.74) is 0.748. The third kappa shape index (κ3) is 4.28. The molecule has 1 fully saturated rings. The molecule has 0 spiro atoms. The SMILES string of the molecule is CCN(c1ccccc1)S(=O)(=O)c1ccc(Cl)c(C(=O)N[C@@H](C)C2CC2)c1. The summed E-state index contributed by atoms with van der Waals surface area (Å²) < 4.78 is 27.6. The topological polar surface area (TPSA) is 66.5 Å². The van der Waals surface area contributed by atoms with Gasteiger partial charge in [-0.3, -0.25) is 9.10 Å². The molecule has 0 radical (unpaired) electrons. The Balaban J connectivity index is 1.92. The molecule has 2 aromatic rings. The minimum Gasteiger partial charge on any atom is -0.349 e. The van der Waals surface area contributed by atoms with E-state index in [0.717, 1.165) is 12.8 Å². The van der Waals surface area contributed by atoms with Crippen molar-refractivity contribution in [2.75, 3.05) is 10.8 Å². The molecule has 1 atom stereocenters. The zero-order chi connectivity index (χ0) is 19.6. The number of para-hydroxylation sites is 1. The van der Waals surface area contributed by atoms with Crippen molar-refractivity contribution in [2.24, 2.45) is 5.92 Å². The van der Waals surface area contributed by atoms with Gasteiger partial charge in [-0.1, -0.05) is 29.8 Å². The van der Waals surface area contributed by atoms with Gasteiger partial charge in [-0.15, -0.1) is 0 Å². The van der Waals surface area contributed by atoms with Crippen molar-refractivity contribution in [3.63, 3.8) is 0 Å². The van der Waals surface area contributed by atoms with Gasteiger partial charge >= 0.3 is 0 Å². The fourth-order valence-corrected chi connectivity index (χ4v) is 4.75. The van der Waals surface area contributed by atoms with Crippen molar-refractivity contribution >= 4 is 33.2 Å². The van der Waals surface area contributed by atoms with Crippen molar-refractivity contribution in [1.82, 2.24) is 5.32 Å². The standard InChI is InChI=1S/C20H23ClN2O3S/c1-3-23(16-7-5-4-6-8-16)27(25,26)17-11-12-19(21)18(13-17)20(24)22-14(2)15-9-10-15/h4-8,11-15H,3,9-10H2,1-2H3,(H,22,24)/t14-/m0/s1. The summed E-state index contributed by atoms with van der Waals surface area (Å²) in [6.07, 6.45) is 2.21. The lowest BCUT2D eigenvalue weighted by atomic mass is 10.1. The van der Waals surface area contributed by atoms with E-state index in [2.05, 4.69) is 5.32 Å². The average Bonchev–Trinajstić information content (AvgIpc) is 3.48. The first kappa shape index (κ1) is 19.7. The first-order valence-electron chi connectivity index (χ1n) is 9.02. The van der Waals surface area contributed by atoms with Crippen LogP contribution in [0.15, 0.2) is 53.4 Å². The molecule has 5 nitrogen and oxygen atoms in total. The highest BCUT2D eigenvalue weighted by Crippen LogP contribution is 2.33. The Morgan fingerprint density at radius 2 is 1.89 bits per heavy atom. The van der Waals surface area contributed by atoms with Crippen molar-refractivity contribution in [1.29, 1.82) is 0 Å². The second-order valence-electron chi connectivity index (χ2n) is 6.75. The number of nitrogens with zero attached hydrogens (tertiary/aromatic N) is 1. The summed E-state index contributed by atoms with van der Waals surface area (Å²) in [5.74, 6) is 0.146. The Bertz CT molecular complexity index is 927. The van der Waals surface area contributed by atoms with Gasteiger partial charge in [0.2, 0.25) is 0 Å². The Morgan fingerprint density at radius 3 is 2.48 bits per heavy atom. The quantitative estimate of drug-likeness (QED) is 0.753. The number of rotatable bonds is 7. The maximum atomic E-state index is 13.1. The van der Waals surface area contributed by atoms with Gasteiger partial charge in [0, 0.05) is 12.6 Å². The predicted octanol–water partition coefficient (Wildman–Crippen LogP) is 4.08. The number of hydrogen-bond donors (Lipinski definition) is 1. The minimum atomic E-state index is -3.81. The molecule has 1 amide bonds. The summed E-state index contributed by atoms with van der Waals surface area (Å²) in [6, 6.07) is 13.2. The van der Waals surface area contributed by atoms with Crippen molar-refractivity contribution in [2.45, 2.75) is 37.6 Å². The molecule has 1 N–H and O–H groups in total. The lowest BCUT2D eigenvalue weighted by molar-refractivity contribution is 0.0936. The van der Waals surface area contributed by atoms with Gasteiger partial charge in [-0.05, 0) is 62.9 Å². The number of carbonyl (C=O) groups is 1. The fourth-order valence-electron chi connectivity index (χ4n) is 3.05. The zero-order valence-electron chi connectivity index (χ0n) is 15.4. The number of hydrogen-bond acceptors (Lipinski definition) is 3. The van der Waals surface area contributed by atoms with Crippen LogP contribution in [-0.2, 0) is 10.0 Å². The van der Waals surface area contributed by atoms with Crippen molar-refractivity contribution in [3.8, 4) is 0 Å². The molecular weight excluding hydrogens is 384 g/mol. The van der Waals surface area contributed by atoms with E-state index < -0.39 is 10.0 Å². The second kappa shape index (κ2) is 7.90. The van der Waals surface area contributed by atoms with Crippen LogP contribution in [0.25, 0.3) is 0 Å². The van der Waals surface area contributed by atoms with E-state index in [1.807, 2.05) is 13.0 Å². The summed E-state index contributed by atoms with van der Waals surface area (Å²) in [4.78, 5) is 12.6. The monoisotopic (exact) mass is 406 g/mol. The second-order valence-corrected chi connectivity index (χ2v) is 9.02. The highest BCUT2D eigenvalue weighted by atomic mass is 35.5. The van der Waals surface area contributed by atoms with Gasteiger partial charge in [0.15, 0.2) is 0 Å². The van der Waals surface area contributed by atoms with Crippen LogP contribution in [0, 0.1) is 5.92 Å². The van der Waals surface area contributed by atoms with Crippen LogP contribution in [0.5, 0.6) is 0 Å². The van der Waals surface area contributed by atoms with Crippen LogP contribution in [0.2, 0.25) is 5.02 Å². The number of halogens is 1. The van der Waals surface area contributed by atoms with E-state index in [1.165, 1.54) is 22.5 Å². The first-order valence-corrected chi connectivity index (χ1v) is 10.8. The van der Waals surface area contributed by atoms with E-state index >= 15 is 0 Å². The molecule has 0 heterocycles. The molecule has 3 rings (SSSR count). The zero-order valence-corrected chi connectivity index (χ0v) is 16.9. The molecule has 0 aromatic heterocycles. The maximum absolute atomic E-state index is 13.1. The maximum Gasteiger partial charge on any atom is 0.264 e. The van der Waals surface area contributed by atoms with Crippen LogP contribution in [0.3, 0.4) is 0 Å². The number of anilines is 1. The molecule has 1 saturated carbocycles. The van der Waals surface area contributed by atoms with Crippen LogP contribution in [0.4, 0.5) is 5.69 Å². The van der Waals surface area contributed by atoms with Crippen LogP contribution >= 0.6 is 11.6 Å². The fraction of sp³-hybridized carbons (Fsp3) is 0.350. The number of sulfonamides is 1. The lowest BCUT2D eigenvalue weighted by Gasteiger charge is -2.23. The normalized spacial score (nSPS) is 15.2. The molecule has 27 heavy (non-hydrogen) atoms. The van der Waals surface area contributed by atoms with Gasteiger partial charge < -0.3 is 5.32 Å². The molecular formula is C20H23ClN2O3S. The molecule has 1 aliphatic rings. The smallest absolute Gasteiger partial charge is 0.264 e. The highest BCUT2D eigenvalue weighted by Gasteiger charge is 2.30. The molecule has 0 saturated heterocycles. The number of nitrogens with one attached hydrogen (secondary N) is 1. The van der Waals surface area contributed by atoms with Crippen molar-refractivity contribution < 1.29 is 13.2 Å². The summed E-state index contributed by atoms with van der Waals surface area (Å²) in [6.45, 7) is 4.00. The number of benzene rings is 2. The van der Waals surface area contributed by atoms with Gasteiger partial charge in [-0.25, -0.2) is 8.42 Å². The van der Waals surface area contributed by atoms with Gasteiger partial charge in [0.1, 0.15) is 0 Å². The number of amides is 1. The van der Waals surface area contributed by atoms with Gasteiger partial charge in [-0.2, -0.15) is 0 Å². The third-order valence-corrected chi connectivity index (χ3v) is 7.02. The molecule has 2 aromatic carbocycles. The first-order chi connectivity index (χ1) is 12.8. The molecule has 0 bridgehead atoms. The molecule has 1 aliphatic carbocycles. The lowest BCUT2D eigenvalue weighted by Crippen LogP contribution is -2.34. The highest BCUT2D eigenvalue weighted by molar-refractivity contribution is 7.92. The van der Waals surface area contributed by atoms with Crippen molar-refractivity contribution in [3.05, 3.63) is 59.1 Å². The summed E-state index contributed by atoms with van der Waals surface area (Å²) in [5, 5.41) is 3.15. The summed E-state index contributed by atoms with van der Waals surface area (Å²) >= 11 is 6.18. The van der Waals surface area contributed by atoms with Gasteiger partial charge in [0.05, 0.1) is 21.2 Å². The van der Waals surface area contributed by atoms with E-state index in [4.69, 9.17) is 11.6 Å². The van der Waals surface area contributed by atoms with E-state index in [9.17, 15) is 13.2 Å². The Morgan fingerprint density at radius 1 is 1.22 bits per heavy atom. The molecule has 0 unspecified atom stereocenters. The van der Waals surface area contributed by atoms with E-state index in [1.54, 1.807) is 31.2 Å². The largest absolute Gasteiger partial charge is 0.349 e. The van der Waals surface area contributed by atoms with E-state index in [0.29, 0.717) is 11.6 Å². The predicted molar refractivity (Wildman–Crippen MR) is 108 cm³/mol. The molecule has 144 valence electrons. The molecule has 0 aliphatic heterocycles. The Kier molecular flexibility index (Phi) is 5.77. The van der Waals surface area contributed by atoms with Gasteiger partial charge in [0.25, 0.3) is 15.9 Å². The van der Waals surface area contributed by atoms with E-state index in [-0.39, 0.29) is 34.0 Å². The number of carbonyl (C=O) groups excluding carboxylic acids is 1. The van der Waals surface area contributed by atoms with Crippen LogP contribution in [0.1, 0.15) is 37.0 Å². The average molecular weight is 407 g/mol. The third-order valence-electron chi connectivity index (χ3n) is 4.79. The Labute approximate surface area is 165 Å². The van der Waals surface area contributed by atoms with Crippen LogP contribution in [-0.4, -0.2) is 26.9 Å². The minimum absolute atomic E-state index is 0.0434. The van der Waals surface area contributed by atoms with Crippen LogP contribution < -0.4 is 9.62 Å².